The predicted molar refractivity (Wildman–Crippen MR) is 117 cm³/mol. The normalized spacial score (nSPS) is 18.6. The van der Waals surface area contributed by atoms with E-state index in [9.17, 15) is 0 Å². The van der Waals surface area contributed by atoms with Crippen LogP contribution in [0.2, 0.25) is 0 Å². The molecular weight excluding hydrogens is 350 g/mol. The second-order valence-corrected chi connectivity index (χ2v) is 6.89. The molecule has 0 aromatic heterocycles. The standard InChI is InChI=1S/C23H29N3O2/c1-7-14-23(8-2)20-13-12-19(28-6)16-21(20)26(4)22(24-23)25(3)17-10-9-11-18(15-17)27-5/h7,9-16H,8H2,1-6H3/b14-7+. The van der Waals surface area contributed by atoms with E-state index in [2.05, 4.69) is 47.1 Å². The maximum Gasteiger partial charge on any atom is 0.206 e. The molecule has 28 heavy (non-hydrogen) atoms. The summed E-state index contributed by atoms with van der Waals surface area (Å²) in [6.45, 7) is 4.21. The lowest BCUT2D eigenvalue weighted by Gasteiger charge is -2.41. The average Bonchev–Trinajstić information content (AvgIpc) is 2.75. The summed E-state index contributed by atoms with van der Waals surface area (Å²) in [7, 11) is 7.45. The van der Waals surface area contributed by atoms with Crippen LogP contribution in [0, 0.1) is 0 Å². The smallest absolute Gasteiger partial charge is 0.206 e. The number of guanidine groups is 1. The van der Waals surface area contributed by atoms with Crippen molar-refractivity contribution in [2.24, 2.45) is 4.99 Å². The first kappa shape index (κ1) is 19.8. The molecule has 5 heteroatoms. The molecule has 5 nitrogen and oxygen atoms in total. The highest BCUT2D eigenvalue weighted by atomic mass is 16.5. The highest BCUT2D eigenvalue weighted by Gasteiger charge is 2.37. The molecule has 0 bridgehead atoms. The fraction of sp³-hybridized carbons (Fsp3) is 0.348. The molecule has 0 aliphatic carbocycles. The van der Waals surface area contributed by atoms with Gasteiger partial charge in [0.15, 0.2) is 0 Å². The Bertz CT molecular complexity index is 906. The molecule has 1 atom stereocenters. The van der Waals surface area contributed by atoms with Gasteiger partial charge in [0.05, 0.1) is 19.9 Å². The van der Waals surface area contributed by atoms with E-state index in [4.69, 9.17) is 14.5 Å². The van der Waals surface area contributed by atoms with Crippen molar-refractivity contribution in [3.63, 3.8) is 0 Å². The Labute approximate surface area is 167 Å². The molecule has 0 saturated carbocycles. The number of ether oxygens (including phenoxy) is 2. The number of aliphatic imine (C=N–C) groups is 1. The number of methoxy groups -OCH3 is 2. The molecule has 0 saturated heterocycles. The van der Waals surface area contributed by atoms with Gasteiger partial charge in [0.1, 0.15) is 17.0 Å². The van der Waals surface area contributed by atoms with Crippen molar-refractivity contribution in [3.05, 3.63) is 60.2 Å². The van der Waals surface area contributed by atoms with E-state index in [-0.39, 0.29) is 0 Å². The van der Waals surface area contributed by atoms with Gasteiger partial charge in [0.2, 0.25) is 5.96 Å². The molecule has 0 N–H and O–H groups in total. The van der Waals surface area contributed by atoms with Crippen LogP contribution in [0.25, 0.3) is 0 Å². The van der Waals surface area contributed by atoms with Gasteiger partial charge in [-0.15, -0.1) is 0 Å². The molecule has 3 rings (SSSR count). The van der Waals surface area contributed by atoms with E-state index in [1.54, 1.807) is 14.2 Å². The summed E-state index contributed by atoms with van der Waals surface area (Å²) in [5, 5.41) is 0. The Morgan fingerprint density at radius 1 is 1.11 bits per heavy atom. The second kappa shape index (κ2) is 7.97. The molecule has 0 radical (unpaired) electrons. The van der Waals surface area contributed by atoms with Crippen LogP contribution in [0.5, 0.6) is 11.5 Å². The molecule has 1 aliphatic heterocycles. The summed E-state index contributed by atoms with van der Waals surface area (Å²) in [5.41, 5.74) is 2.88. The van der Waals surface area contributed by atoms with Gasteiger partial charge in [0, 0.05) is 37.5 Å². The van der Waals surface area contributed by atoms with Gasteiger partial charge in [0.25, 0.3) is 0 Å². The molecule has 148 valence electrons. The fourth-order valence-electron chi connectivity index (χ4n) is 3.73. The summed E-state index contributed by atoms with van der Waals surface area (Å²) >= 11 is 0. The van der Waals surface area contributed by atoms with E-state index in [1.165, 1.54) is 5.56 Å². The highest BCUT2D eigenvalue weighted by molar-refractivity contribution is 6.08. The highest BCUT2D eigenvalue weighted by Crippen LogP contribution is 2.43. The molecule has 1 heterocycles. The van der Waals surface area contributed by atoms with Gasteiger partial charge in [-0.1, -0.05) is 31.2 Å². The number of hydrogen-bond acceptors (Lipinski definition) is 5. The van der Waals surface area contributed by atoms with Crippen molar-refractivity contribution < 1.29 is 9.47 Å². The van der Waals surface area contributed by atoms with E-state index in [1.807, 2.05) is 45.3 Å². The zero-order valence-electron chi connectivity index (χ0n) is 17.6. The molecule has 1 unspecified atom stereocenters. The fourth-order valence-corrected chi connectivity index (χ4v) is 3.73. The van der Waals surface area contributed by atoms with Crippen LogP contribution in [0.3, 0.4) is 0 Å². The molecule has 0 fully saturated rings. The van der Waals surface area contributed by atoms with Crippen LogP contribution in [0.1, 0.15) is 25.8 Å². The molecule has 1 aliphatic rings. The number of allylic oxidation sites excluding steroid dienone is 1. The third-order valence-electron chi connectivity index (χ3n) is 5.35. The number of hydrogen-bond donors (Lipinski definition) is 0. The Kier molecular flexibility index (Phi) is 5.63. The summed E-state index contributed by atoms with van der Waals surface area (Å²) in [4.78, 5) is 9.45. The van der Waals surface area contributed by atoms with Gasteiger partial charge in [-0.3, -0.25) is 0 Å². The first-order chi connectivity index (χ1) is 13.5. The summed E-state index contributed by atoms with van der Waals surface area (Å²) in [6, 6.07) is 14.2. The quantitative estimate of drug-likeness (QED) is 0.698. The van der Waals surface area contributed by atoms with Gasteiger partial charge in [-0.2, -0.15) is 0 Å². The number of anilines is 2. The monoisotopic (exact) mass is 379 g/mol. The first-order valence-electron chi connectivity index (χ1n) is 9.53. The van der Waals surface area contributed by atoms with Crippen LogP contribution in [-0.2, 0) is 5.54 Å². The Balaban J connectivity index is 2.17. The third-order valence-corrected chi connectivity index (χ3v) is 5.35. The lowest BCUT2D eigenvalue weighted by atomic mass is 9.84. The lowest BCUT2D eigenvalue weighted by Crippen LogP contribution is -2.46. The number of fused-ring (bicyclic) bond motifs is 1. The van der Waals surface area contributed by atoms with Crippen LogP contribution < -0.4 is 19.3 Å². The Hall–Kier alpha value is -2.95. The molecule has 0 amide bonds. The molecule has 0 spiro atoms. The Morgan fingerprint density at radius 3 is 2.46 bits per heavy atom. The van der Waals surface area contributed by atoms with Gasteiger partial charge in [-0.05, 0) is 31.5 Å². The van der Waals surface area contributed by atoms with E-state index in [0.29, 0.717) is 0 Å². The van der Waals surface area contributed by atoms with Crippen LogP contribution in [0.15, 0.2) is 59.6 Å². The minimum Gasteiger partial charge on any atom is -0.497 e. The van der Waals surface area contributed by atoms with Crippen molar-refractivity contribution in [1.82, 2.24) is 0 Å². The largest absolute Gasteiger partial charge is 0.497 e. The summed E-state index contributed by atoms with van der Waals surface area (Å²) in [6.07, 6.45) is 5.13. The van der Waals surface area contributed by atoms with E-state index < -0.39 is 5.54 Å². The third kappa shape index (κ3) is 3.33. The molecular formula is C23H29N3O2. The molecule has 2 aromatic rings. The minimum absolute atomic E-state index is 0.411. The maximum absolute atomic E-state index is 5.49. The number of benzene rings is 2. The zero-order valence-corrected chi connectivity index (χ0v) is 17.6. The topological polar surface area (TPSA) is 37.3 Å². The van der Waals surface area contributed by atoms with Gasteiger partial charge in [-0.25, -0.2) is 4.99 Å². The zero-order chi connectivity index (χ0) is 20.3. The van der Waals surface area contributed by atoms with Crippen LogP contribution >= 0.6 is 0 Å². The lowest BCUT2D eigenvalue weighted by molar-refractivity contribution is 0.414. The number of rotatable bonds is 5. The van der Waals surface area contributed by atoms with E-state index >= 15 is 0 Å². The minimum atomic E-state index is -0.411. The van der Waals surface area contributed by atoms with Crippen molar-refractivity contribution >= 4 is 17.3 Å². The van der Waals surface area contributed by atoms with Crippen molar-refractivity contribution in [2.75, 3.05) is 38.1 Å². The van der Waals surface area contributed by atoms with Gasteiger partial charge >= 0.3 is 0 Å². The summed E-state index contributed by atoms with van der Waals surface area (Å²) in [5.74, 6) is 2.52. The average molecular weight is 380 g/mol. The van der Waals surface area contributed by atoms with E-state index in [0.717, 1.165) is 35.3 Å². The second-order valence-electron chi connectivity index (χ2n) is 6.89. The Morgan fingerprint density at radius 2 is 1.82 bits per heavy atom. The van der Waals surface area contributed by atoms with Crippen molar-refractivity contribution in [1.29, 1.82) is 0 Å². The van der Waals surface area contributed by atoms with Crippen molar-refractivity contribution in [2.45, 2.75) is 25.8 Å². The first-order valence-corrected chi connectivity index (χ1v) is 9.53. The molecule has 2 aromatic carbocycles. The maximum atomic E-state index is 5.49. The summed E-state index contributed by atoms with van der Waals surface area (Å²) < 4.78 is 10.9. The predicted octanol–water partition coefficient (Wildman–Crippen LogP) is 4.83. The SMILES string of the molecule is C/C=C/C1(CC)N=C(N(C)c2cccc(OC)c2)N(C)c2cc(OC)ccc21. The van der Waals surface area contributed by atoms with Crippen LogP contribution in [0.4, 0.5) is 11.4 Å². The van der Waals surface area contributed by atoms with Crippen LogP contribution in [-0.4, -0.2) is 34.3 Å². The van der Waals surface area contributed by atoms with Gasteiger partial charge < -0.3 is 19.3 Å². The number of nitrogens with zero attached hydrogens (tertiary/aromatic N) is 3. The van der Waals surface area contributed by atoms with Crippen molar-refractivity contribution in [3.8, 4) is 11.5 Å².